The summed E-state index contributed by atoms with van der Waals surface area (Å²) < 4.78 is 14.5. The Morgan fingerprint density at radius 1 is 1.21 bits per heavy atom. The van der Waals surface area contributed by atoms with E-state index in [1.54, 1.807) is 0 Å². The lowest BCUT2D eigenvalue weighted by atomic mass is 10.3. The molecule has 0 amide bonds. The summed E-state index contributed by atoms with van der Waals surface area (Å²) >= 11 is 1.91. The first-order chi connectivity index (χ1) is 6.41. The van der Waals surface area contributed by atoms with Crippen LogP contribution < -0.4 is 4.72 Å². The van der Waals surface area contributed by atoms with E-state index in [0.29, 0.717) is 17.2 Å². The lowest BCUT2D eigenvalue weighted by Gasteiger charge is -2.14. The van der Waals surface area contributed by atoms with Crippen LogP contribution in [0.4, 0.5) is 0 Å². The monoisotopic (exact) mass is 237 g/mol. The van der Waals surface area contributed by atoms with Crippen LogP contribution in [0.15, 0.2) is 0 Å². The van der Waals surface area contributed by atoms with E-state index in [1.807, 2.05) is 25.6 Å². The predicted octanol–water partition coefficient (Wildman–Crippen LogP) is 2.43. The molecule has 0 aliphatic rings. The average molecular weight is 237 g/mol. The maximum atomic E-state index is 11.5. The van der Waals surface area contributed by atoms with E-state index in [2.05, 4.69) is 25.5 Å². The number of hydrogen-bond donors (Lipinski definition) is 1. The van der Waals surface area contributed by atoms with Gasteiger partial charge < -0.3 is 0 Å². The molecule has 0 bridgehead atoms. The van der Waals surface area contributed by atoms with Crippen molar-refractivity contribution in [1.82, 2.24) is 4.72 Å². The minimum absolute atomic E-state index is 0.304. The number of thioether (sulfide) groups is 1. The summed E-state index contributed by atoms with van der Waals surface area (Å²) in [6.07, 6.45) is 0. The Morgan fingerprint density at radius 2 is 1.79 bits per heavy atom. The van der Waals surface area contributed by atoms with Gasteiger partial charge in [0.25, 0.3) is 0 Å². The van der Waals surface area contributed by atoms with Crippen LogP contribution in [0, 0.1) is 5.92 Å². The Kier molecular flexibility index (Phi) is 7.97. The van der Waals surface area contributed by atoms with E-state index in [-0.39, 0.29) is 0 Å². The quantitative estimate of drug-likeness (QED) is 0.737. The Labute approximate surface area is 95.2 Å². The van der Waals surface area contributed by atoms with Crippen LogP contribution >= 0.6 is 11.8 Å². The van der Waals surface area contributed by atoms with Crippen molar-refractivity contribution in [2.75, 3.05) is 11.5 Å². The normalized spacial score (nSPS) is 16.2. The molecule has 0 saturated carbocycles. The minimum atomic E-state index is -0.866. The number of rotatable bonds is 7. The maximum absolute atomic E-state index is 11.5. The first-order valence-corrected chi connectivity index (χ1v) is 7.54. The molecule has 2 atom stereocenters. The molecule has 0 spiro atoms. The van der Waals surface area contributed by atoms with E-state index < -0.39 is 11.0 Å². The van der Waals surface area contributed by atoms with Crippen molar-refractivity contribution in [1.29, 1.82) is 0 Å². The Balaban J connectivity index is 3.60. The van der Waals surface area contributed by atoms with Crippen LogP contribution in [0.25, 0.3) is 0 Å². The molecule has 86 valence electrons. The molecule has 1 N–H and O–H groups in total. The van der Waals surface area contributed by atoms with Gasteiger partial charge in [0.2, 0.25) is 0 Å². The molecule has 0 aromatic rings. The molecule has 0 fully saturated rings. The highest BCUT2D eigenvalue weighted by Crippen LogP contribution is 2.14. The first kappa shape index (κ1) is 14.5. The Bertz CT molecular complexity index is 172. The molecule has 2 unspecified atom stereocenters. The summed E-state index contributed by atoms with van der Waals surface area (Å²) in [4.78, 5) is 0. The van der Waals surface area contributed by atoms with E-state index in [9.17, 15) is 4.21 Å². The molecule has 0 aromatic carbocycles. The van der Waals surface area contributed by atoms with Crippen LogP contribution in [-0.4, -0.2) is 27.0 Å². The molecule has 0 aromatic heterocycles. The van der Waals surface area contributed by atoms with Crippen molar-refractivity contribution >= 4 is 22.7 Å². The van der Waals surface area contributed by atoms with Crippen LogP contribution in [-0.2, 0) is 11.0 Å². The average Bonchev–Trinajstić information content (AvgIpc) is 1.98. The van der Waals surface area contributed by atoms with Gasteiger partial charge in [0.05, 0.1) is 11.0 Å². The third-order valence-electron chi connectivity index (χ3n) is 1.47. The fourth-order valence-electron chi connectivity index (χ4n) is 0.929. The van der Waals surface area contributed by atoms with Gasteiger partial charge in [-0.2, -0.15) is 11.8 Å². The molecule has 14 heavy (non-hydrogen) atoms. The van der Waals surface area contributed by atoms with E-state index in [0.717, 1.165) is 11.5 Å². The van der Waals surface area contributed by atoms with Gasteiger partial charge in [0.1, 0.15) is 0 Å². The number of nitrogens with one attached hydrogen (secondary N) is 1. The van der Waals surface area contributed by atoms with Crippen molar-refractivity contribution < 1.29 is 4.21 Å². The highest BCUT2D eigenvalue weighted by molar-refractivity contribution is 8.00. The fourth-order valence-corrected chi connectivity index (χ4v) is 3.45. The van der Waals surface area contributed by atoms with Crippen molar-refractivity contribution in [2.24, 2.45) is 5.92 Å². The summed E-state index contributed by atoms with van der Waals surface area (Å²) in [6.45, 7) is 10.6. The van der Waals surface area contributed by atoms with Gasteiger partial charge in [-0.1, -0.05) is 20.8 Å². The van der Waals surface area contributed by atoms with Gasteiger partial charge in [-0.05, 0) is 25.5 Å². The molecule has 0 aliphatic heterocycles. The lowest BCUT2D eigenvalue weighted by molar-refractivity contribution is 0.654. The van der Waals surface area contributed by atoms with Crippen LogP contribution in [0.3, 0.4) is 0 Å². The van der Waals surface area contributed by atoms with Gasteiger partial charge in [-0.25, -0.2) is 8.93 Å². The van der Waals surface area contributed by atoms with Crippen LogP contribution in [0.1, 0.15) is 34.6 Å². The molecule has 2 nitrogen and oxygen atoms in total. The third-order valence-corrected chi connectivity index (χ3v) is 4.81. The van der Waals surface area contributed by atoms with Gasteiger partial charge in [0.15, 0.2) is 0 Å². The lowest BCUT2D eigenvalue weighted by Crippen LogP contribution is -2.29. The second-order valence-corrected chi connectivity index (χ2v) is 7.05. The molecule has 0 rings (SSSR count). The first-order valence-electron chi connectivity index (χ1n) is 5.18. The van der Waals surface area contributed by atoms with E-state index in [1.165, 1.54) is 0 Å². The second kappa shape index (κ2) is 7.71. The van der Waals surface area contributed by atoms with Gasteiger partial charge in [-0.3, -0.25) is 0 Å². The van der Waals surface area contributed by atoms with Crippen LogP contribution in [0.2, 0.25) is 0 Å². The maximum Gasteiger partial charge on any atom is 0.0928 e. The molecular formula is C10H23NOS2. The Hall–Kier alpha value is 0.460. The predicted molar refractivity (Wildman–Crippen MR) is 68.0 cm³/mol. The highest BCUT2D eigenvalue weighted by Gasteiger charge is 2.09. The van der Waals surface area contributed by atoms with E-state index in [4.69, 9.17) is 0 Å². The van der Waals surface area contributed by atoms with Gasteiger partial charge in [-0.15, -0.1) is 0 Å². The summed E-state index contributed by atoms with van der Waals surface area (Å²) in [7, 11) is -0.866. The summed E-state index contributed by atoms with van der Waals surface area (Å²) in [5.41, 5.74) is 0. The zero-order valence-electron chi connectivity index (χ0n) is 9.87. The van der Waals surface area contributed by atoms with Crippen molar-refractivity contribution in [2.45, 2.75) is 45.9 Å². The molecule has 0 saturated heterocycles. The molecular weight excluding hydrogens is 214 g/mol. The zero-order valence-corrected chi connectivity index (χ0v) is 11.5. The van der Waals surface area contributed by atoms with Crippen molar-refractivity contribution in [3.05, 3.63) is 0 Å². The fraction of sp³-hybridized carbons (Fsp3) is 1.00. The summed E-state index contributed by atoms with van der Waals surface area (Å²) in [5.74, 6) is 2.62. The molecule has 0 aliphatic carbocycles. The van der Waals surface area contributed by atoms with Gasteiger partial charge >= 0.3 is 0 Å². The second-order valence-electron chi connectivity index (χ2n) is 4.32. The largest absolute Gasteiger partial charge is 0.243 e. The number of hydrogen-bond acceptors (Lipinski definition) is 2. The standard InChI is InChI=1S/C10H23NOS2/c1-8(2)6-13-10(5)7-14(12)11-9(3)4/h8-11H,6-7H2,1-5H3. The zero-order chi connectivity index (χ0) is 11.1. The molecule has 0 radical (unpaired) electrons. The van der Waals surface area contributed by atoms with Crippen LogP contribution in [0.5, 0.6) is 0 Å². The molecule has 4 heteroatoms. The van der Waals surface area contributed by atoms with Crippen molar-refractivity contribution in [3.63, 3.8) is 0 Å². The summed E-state index contributed by atoms with van der Waals surface area (Å²) in [6, 6.07) is 0.304. The highest BCUT2D eigenvalue weighted by atomic mass is 32.2. The third kappa shape index (κ3) is 9.03. The van der Waals surface area contributed by atoms with Gasteiger partial charge in [0, 0.05) is 17.0 Å². The minimum Gasteiger partial charge on any atom is -0.243 e. The van der Waals surface area contributed by atoms with E-state index >= 15 is 0 Å². The molecule has 0 heterocycles. The summed E-state index contributed by atoms with van der Waals surface area (Å²) in [5, 5.41) is 0.476. The smallest absolute Gasteiger partial charge is 0.0928 e. The van der Waals surface area contributed by atoms with Crippen molar-refractivity contribution in [3.8, 4) is 0 Å². The SMILES string of the molecule is CC(C)CSC(C)CS(=O)NC(C)C. The Morgan fingerprint density at radius 3 is 2.21 bits per heavy atom. The topological polar surface area (TPSA) is 29.1 Å².